The van der Waals surface area contributed by atoms with Gasteiger partial charge in [0.25, 0.3) is 0 Å². The number of hydrogen-bond acceptors (Lipinski definition) is 2. The van der Waals surface area contributed by atoms with E-state index in [0.717, 1.165) is 44.2 Å². The number of nitrogens with one attached hydrogen (secondary N) is 1. The minimum Gasteiger partial charge on any atom is -0.315 e. The van der Waals surface area contributed by atoms with E-state index in [9.17, 15) is 8.78 Å². The Morgan fingerprint density at radius 1 is 0.920 bits per heavy atom. The lowest BCUT2D eigenvalue weighted by atomic mass is 9.93. The minimum absolute atomic E-state index is 0.193. The number of nitrogens with zero attached hydrogens (tertiary/aromatic N) is 1. The maximum atomic E-state index is 14.6. The van der Waals surface area contributed by atoms with Gasteiger partial charge in [0.05, 0.1) is 6.04 Å². The van der Waals surface area contributed by atoms with E-state index in [0.29, 0.717) is 11.5 Å². The van der Waals surface area contributed by atoms with Gasteiger partial charge in [-0.25, -0.2) is 8.78 Å². The Kier molecular flexibility index (Phi) is 5.82. The van der Waals surface area contributed by atoms with Crippen LogP contribution >= 0.6 is 0 Å². The zero-order chi connectivity index (χ0) is 17.8. The number of rotatable bonds is 4. The first kappa shape index (κ1) is 18.0. The molecule has 1 aliphatic rings. The third kappa shape index (κ3) is 4.25. The summed E-state index contributed by atoms with van der Waals surface area (Å²) in [7, 11) is 0. The van der Waals surface area contributed by atoms with Gasteiger partial charge in [-0.2, -0.15) is 0 Å². The molecule has 2 aromatic carbocycles. The smallest absolute Gasteiger partial charge is 0.131 e. The highest BCUT2D eigenvalue weighted by molar-refractivity contribution is 5.35. The first-order chi connectivity index (χ1) is 12.1. The Morgan fingerprint density at radius 2 is 1.64 bits per heavy atom. The Hall–Kier alpha value is -1.78. The van der Waals surface area contributed by atoms with Crippen LogP contribution in [0.3, 0.4) is 0 Å². The Balaban J connectivity index is 2.01. The molecule has 1 saturated heterocycles. The first-order valence-corrected chi connectivity index (χ1v) is 9.06. The molecule has 0 radical (unpaired) electrons. The molecule has 1 fully saturated rings. The fraction of sp³-hybridized carbons (Fsp3) is 0.429. The molecular weight excluding hydrogens is 318 g/mol. The summed E-state index contributed by atoms with van der Waals surface area (Å²) in [5.41, 5.74) is 2.86. The van der Waals surface area contributed by atoms with E-state index in [1.165, 1.54) is 11.6 Å². The van der Waals surface area contributed by atoms with Gasteiger partial charge < -0.3 is 5.32 Å². The van der Waals surface area contributed by atoms with Crippen molar-refractivity contribution >= 4 is 0 Å². The van der Waals surface area contributed by atoms with Gasteiger partial charge in [-0.05, 0) is 36.1 Å². The van der Waals surface area contributed by atoms with Crippen LogP contribution in [-0.2, 0) is 0 Å². The van der Waals surface area contributed by atoms with Crippen molar-refractivity contribution in [2.24, 2.45) is 0 Å². The summed E-state index contributed by atoms with van der Waals surface area (Å²) in [6.45, 7) is 7.90. The normalized spacial score (nSPS) is 17.5. The van der Waals surface area contributed by atoms with Gasteiger partial charge in [0.2, 0.25) is 0 Å². The van der Waals surface area contributed by atoms with Crippen LogP contribution in [0.15, 0.2) is 42.5 Å². The lowest BCUT2D eigenvalue weighted by Crippen LogP contribution is -2.33. The molecule has 1 aliphatic heterocycles. The van der Waals surface area contributed by atoms with Crippen molar-refractivity contribution < 1.29 is 8.78 Å². The van der Waals surface area contributed by atoms with E-state index >= 15 is 0 Å². The van der Waals surface area contributed by atoms with E-state index in [2.05, 4.69) is 48.3 Å². The molecule has 0 aliphatic carbocycles. The highest BCUT2D eigenvalue weighted by Gasteiger charge is 2.26. The summed E-state index contributed by atoms with van der Waals surface area (Å²) in [4.78, 5) is 2.29. The van der Waals surface area contributed by atoms with Crippen LogP contribution in [0.5, 0.6) is 0 Å². The number of hydrogen-bond donors (Lipinski definition) is 1. The lowest BCUT2D eigenvalue weighted by Gasteiger charge is -2.31. The predicted molar refractivity (Wildman–Crippen MR) is 97.8 cm³/mol. The molecule has 0 bridgehead atoms. The number of benzene rings is 2. The third-order valence-electron chi connectivity index (χ3n) is 4.92. The molecule has 0 aromatic heterocycles. The topological polar surface area (TPSA) is 15.3 Å². The molecule has 0 amide bonds. The summed E-state index contributed by atoms with van der Waals surface area (Å²) in [5, 5.41) is 3.39. The van der Waals surface area contributed by atoms with Crippen LogP contribution in [-0.4, -0.2) is 31.1 Å². The van der Waals surface area contributed by atoms with E-state index in [-0.39, 0.29) is 6.04 Å². The second-order valence-corrected chi connectivity index (χ2v) is 7.03. The Labute approximate surface area is 148 Å². The molecule has 2 nitrogen and oxygen atoms in total. The Morgan fingerprint density at radius 3 is 2.32 bits per heavy atom. The van der Waals surface area contributed by atoms with Crippen molar-refractivity contribution in [1.82, 2.24) is 10.2 Å². The van der Waals surface area contributed by atoms with Crippen molar-refractivity contribution in [1.29, 1.82) is 0 Å². The van der Waals surface area contributed by atoms with Crippen LogP contribution in [0.25, 0.3) is 0 Å². The van der Waals surface area contributed by atoms with Gasteiger partial charge in [0.1, 0.15) is 11.6 Å². The van der Waals surface area contributed by atoms with E-state index in [1.54, 1.807) is 6.07 Å². The predicted octanol–water partition coefficient (Wildman–Crippen LogP) is 4.47. The molecule has 3 rings (SSSR count). The van der Waals surface area contributed by atoms with Crippen molar-refractivity contribution in [3.05, 3.63) is 70.8 Å². The average molecular weight is 344 g/mol. The van der Waals surface area contributed by atoms with Crippen LogP contribution in [0.2, 0.25) is 0 Å². The summed E-state index contributed by atoms with van der Waals surface area (Å²) in [5.74, 6) is -0.555. The van der Waals surface area contributed by atoms with Gasteiger partial charge in [-0.3, -0.25) is 4.90 Å². The second kappa shape index (κ2) is 8.07. The highest BCUT2D eigenvalue weighted by atomic mass is 19.1. The summed E-state index contributed by atoms with van der Waals surface area (Å²) >= 11 is 0. The standard InChI is InChI=1S/C21H26F2N2/c1-15(2)16-4-6-17(7-5-16)21(25-12-3-10-24-11-13-25)19-9-8-18(22)14-20(19)23/h4-9,14-15,21,24H,3,10-13H2,1-2H3. The van der Waals surface area contributed by atoms with Gasteiger partial charge in [0.15, 0.2) is 0 Å². The number of halogens is 2. The molecule has 1 heterocycles. The van der Waals surface area contributed by atoms with E-state index in [4.69, 9.17) is 0 Å². The van der Waals surface area contributed by atoms with Gasteiger partial charge in [-0.15, -0.1) is 0 Å². The maximum Gasteiger partial charge on any atom is 0.131 e. The molecule has 0 saturated carbocycles. The van der Waals surface area contributed by atoms with Crippen molar-refractivity contribution in [3.8, 4) is 0 Å². The highest BCUT2D eigenvalue weighted by Crippen LogP contribution is 2.32. The van der Waals surface area contributed by atoms with Gasteiger partial charge in [0, 0.05) is 31.3 Å². The summed E-state index contributed by atoms with van der Waals surface area (Å²) in [6.07, 6.45) is 1.02. The van der Waals surface area contributed by atoms with Gasteiger partial charge >= 0.3 is 0 Å². The van der Waals surface area contributed by atoms with Crippen molar-refractivity contribution in [2.45, 2.75) is 32.2 Å². The zero-order valence-corrected chi connectivity index (χ0v) is 14.9. The summed E-state index contributed by atoms with van der Waals surface area (Å²) in [6, 6.07) is 12.1. The maximum absolute atomic E-state index is 14.6. The fourth-order valence-corrected chi connectivity index (χ4v) is 3.50. The monoisotopic (exact) mass is 344 g/mol. The molecule has 2 aromatic rings. The molecule has 1 N–H and O–H groups in total. The van der Waals surface area contributed by atoms with Crippen LogP contribution in [0.4, 0.5) is 8.78 Å². The molecule has 1 unspecified atom stereocenters. The second-order valence-electron chi connectivity index (χ2n) is 7.03. The van der Waals surface area contributed by atoms with Crippen LogP contribution < -0.4 is 5.32 Å². The zero-order valence-electron chi connectivity index (χ0n) is 14.9. The SMILES string of the molecule is CC(C)c1ccc(C(c2ccc(F)cc2F)N2CCCNCC2)cc1. The Bertz CT molecular complexity index is 690. The van der Waals surface area contributed by atoms with Crippen LogP contribution in [0.1, 0.15) is 48.9 Å². The molecule has 1 atom stereocenters. The quantitative estimate of drug-likeness (QED) is 0.880. The largest absolute Gasteiger partial charge is 0.315 e. The lowest BCUT2D eigenvalue weighted by molar-refractivity contribution is 0.236. The minimum atomic E-state index is -0.535. The van der Waals surface area contributed by atoms with Gasteiger partial charge in [-0.1, -0.05) is 44.2 Å². The van der Waals surface area contributed by atoms with Crippen LogP contribution in [0, 0.1) is 11.6 Å². The molecule has 0 spiro atoms. The fourth-order valence-electron chi connectivity index (χ4n) is 3.50. The molecule has 4 heteroatoms. The van der Waals surface area contributed by atoms with Crippen molar-refractivity contribution in [2.75, 3.05) is 26.2 Å². The average Bonchev–Trinajstić information content (AvgIpc) is 2.87. The van der Waals surface area contributed by atoms with E-state index in [1.807, 2.05) is 0 Å². The molecular formula is C21H26F2N2. The molecule has 134 valence electrons. The first-order valence-electron chi connectivity index (χ1n) is 9.06. The van der Waals surface area contributed by atoms with E-state index < -0.39 is 11.6 Å². The molecule has 25 heavy (non-hydrogen) atoms. The van der Waals surface area contributed by atoms with Crippen molar-refractivity contribution in [3.63, 3.8) is 0 Å². The summed E-state index contributed by atoms with van der Waals surface area (Å²) < 4.78 is 28.0. The third-order valence-corrected chi connectivity index (χ3v) is 4.92.